The van der Waals surface area contributed by atoms with E-state index in [0.29, 0.717) is 5.02 Å². The molecule has 0 spiro atoms. The molecule has 3 rings (SSSR count). The van der Waals surface area contributed by atoms with E-state index < -0.39 is 0 Å². The van der Waals surface area contributed by atoms with Gasteiger partial charge >= 0.3 is 0 Å². The van der Waals surface area contributed by atoms with E-state index in [2.05, 4.69) is 22.8 Å². The number of amides is 1. The van der Waals surface area contributed by atoms with Crippen molar-refractivity contribution in [3.05, 3.63) is 64.7 Å². The van der Waals surface area contributed by atoms with Gasteiger partial charge in [0.1, 0.15) is 0 Å². The molecular weight excluding hydrogens is 296 g/mol. The lowest BCUT2D eigenvalue weighted by Gasteiger charge is -2.18. The second-order valence-electron chi connectivity index (χ2n) is 5.81. The van der Waals surface area contributed by atoms with Gasteiger partial charge in [-0.15, -0.1) is 0 Å². The first-order valence-electron chi connectivity index (χ1n) is 7.46. The zero-order valence-electron chi connectivity index (χ0n) is 12.5. The molecule has 2 N–H and O–H groups in total. The highest BCUT2D eigenvalue weighted by atomic mass is 35.5. The molecule has 22 heavy (non-hydrogen) atoms. The Kier molecular flexibility index (Phi) is 4.08. The zero-order valence-corrected chi connectivity index (χ0v) is 13.3. The number of nitrogens with one attached hydrogen (secondary N) is 2. The van der Waals surface area contributed by atoms with Gasteiger partial charge in [0.15, 0.2) is 0 Å². The maximum atomic E-state index is 12.2. The maximum Gasteiger partial charge on any atom is 0.239 e. The third kappa shape index (κ3) is 3.25. The van der Waals surface area contributed by atoms with Gasteiger partial charge in [-0.1, -0.05) is 41.9 Å². The summed E-state index contributed by atoms with van der Waals surface area (Å²) in [6, 6.07) is 15.8. The monoisotopic (exact) mass is 314 g/mol. The van der Waals surface area contributed by atoms with Gasteiger partial charge in [-0.05, 0) is 49.1 Å². The molecule has 1 amide bonds. The first-order valence-corrected chi connectivity index (χ1v) is 7.83. The summed E-state index contributed by atoms with van der Waals surface area (Å²) < 4.78 is 0. The molecular formula is C18H19ClN2O. The van der Waals surface area contributed by atoms with Gasteiger partial charge in [0, 0.05) is 10.7 Å². The van der Waals surface area contributed by atoms with Crippen LogP contribution in [0, 0.1) is 6.92 Å². The van der Waals surface area contributed by atoms with Crippen LogP contribution in [0.25, 0.3) is 0 Å². The van der Waals surface area contributed by atoms with Crippen LogP contribution in [-0.2, 0) is 10.3 Å². The van der Waals surface area contributed by atoms with E-state index >= 15 is 0 Å². The largest absolute Gasteiger partial charge is 0.376 e. The van der Waals surface area contributed by atoms with Crippen LogP contribution in [0.4, 0.5) is 5.69 Å². The normalized spacial score (nSPS) is 15.2. The van der Waals surface area contributed by atoms with E-state index in [-0.39, 0.29) is 18.0 Å². The third-order valence-corrected chi connectivity index (χ3v) is 4.32. The molecule has 3 nitrogen and oxygen atoms in total. The number of halogens is 1. The summed E-state index contributed by atoms with van der Waals surface area (Å²) in [5, 5.41) is 7.03. The highest BCUT2D eigenvalue weighted by Crippen LogP contribution is 2.45. The molecule has 0 aliphatic heterocycles. The first-order chi connectivity index (χ1) is 10.6. The second kappa shape index (κ2) is 6.01. The minimum atomic E-state index is -0.158. The Labute approximate surface area is 135 Å². The summed E-state index contributed by atoms with van der Waals surface area (Å²) >= 11 is 5.94. The van der Waals surface area contributed by atoms with E-state index in [0.717, 1.165) is 24.1 Å². The zero-order chi connectivity index (χ0) is 15.6. The Hall–Kier alpha value is -2.00. The van der Waals surface area contributed by atoms with Crippen molar-refractivity contribution in [3.8, 4) is 0 Å². The molecule has 4 heteroatoms. The van der Waals surface area contributed by atoms with Crippen molar-refractivity contribution >= 4 is 23.2 Å². The molecule has 0 atom stereocenters. The summed E-state index contributed by atoms with van der Waals surface area (Å²) in [5.74, 6) is 0.00991. The third-order valence-electron chi connectivity index (χ3n) is 4.08. The van der Waals surface area contributed by atoms with E-state index in [1.54, 1.807) is 0 Å². The number of rotatable bonds is 5. The number of carbonyl (C=O) groups is 1. The summed E-state index contributed by atoms with van der Waals surface area (Å²) in [4.78, 5) is 12.2. The molecule has 0 radical (unpaired) electrons. The lowest BCUT2D eigenvalue weighted by Crippen LogP contribution is -2.38. The van der Waals surface area contributed by atoms with Crippen LogP contribution in [-0.4, -0.2) is 12.5 Å². The molecule has 0 unspecified atom stereocenters. The predicted octanol–water partition coefficient (Wildman–Crippen LogP) is 3.87. The van der Waals surface area contributed by atoms with Crippen molar-refractivity contribution in [3.63, 3.8) is 0 Å². The molecule has 2 aromatic rings. The van der Waals surface area contributed by atoms with Gasteiger partial charge in [-0.3, -0.25) is 4.79 Å². The Balaban J connectivity index is 1.59. The smallest absolute Gasteiger partial charge is 0.239 e. The average Bonchev–Trinajstić information content (AvgIpc) is 3.28. The second-order valence-corrected chi connectivity index (χ2v) is 6.25. The summed E-state index contributed by atoms with van der Waals surface area (Å²) in [7, 11) is 0. The van der Waals surface area contributed by atoms with Gasteiger partial charge in [-0.25, -0.2) is 0 Å². The fourth-order valence-corrected chi connectivity index (χ4v) is 2.91. The van der Waals surface area contributed by atoms with Crippen LogP contribution in [0.15, 0.2) is 48.5 Å². The van der Waals surface area contributed by atoms with Gasteiger partial charge < -0.3 is 10.6 Å². The topological polar surface area (TPSA) is 41.1 Å². The lowest BCUT2D eigenvalue weighted by molar-refractivity contribution is -0.120. The van der Waals surface area contributed by atoms with Crippen molar-refractivity contribution in [2.24, 2.45) is 0 Å². The van der Waals surface area contributed by atoms with Crippen LogP contribution >= 0.6 is 11.6 Å². The Bertz CT molecular complexity index is 681. The average molecular weight is 315 g/mol. The number of carbonyl (C=O) groups excluding carboxylic acids is 1. The van der Waals surface area contributed by atoms with E-state index in [1.807, 2.05) is 43.3 Å². The van der Waals surface area contributed by atoms with Crippen molar-refractivity contribution < 1.29 is 4.79 Å². The number of hydrogen-bond acceptors (Lipinski definition) is 2. The van der Waals surface area contributed by atoms with Crippen LogP contribution in [0.5, 0.6) is 0 Å². The van der Waals surface area contributed by atoms with Crippen molar-refractivity contribution in [2.75, 3.05) is 11.9 Å². The van der Waals surface area contributed by atoms with Crippen molar-refractivity contribution in [1.29, 1.82) is 0 Å². The number of benzene rings is 2. The number of aryl methyl sites for hydroxylation is 1. The SMILES string of the molecule is Cc1cc(Cl)ccc1NCC(=O)NC1(c2ccccc2)CC1. The molecule has 2 aromatic carbocycles. The van der Waals surface area contributed by atoms with Crippen molar-refractivity contribution in [2.45, 2.75) is 25.3 Å². The van der Waals surface area contributed by atoms with Crippen LogP contribution < -0.4 is 10.6 Å². The molecule has 114 valence electrons. The highest BCUT2D eigenvalue weighted by Gasteiger charge is 2.45. The van der Waals surface area contributed by atoms with Crippen molar-refractivity contribution in [1.82, 2.24) is 5.32 Å². The molecule has 1 fully saturated rings. The number of hydrogen-bond donors (Lipinski definition) is 2. The molecule has 1 saturated carbocycles. The van der Waals surface area contributed by atoms with E-state index in [9.17, 15) is 4.79 Å². The summed E-state index contributed by atoms with van der Waals surface area (Å²) in [5.41, 5.74) is 2.99. The molecule has 0 bridgehead atoms. The Morgan fingerprint density at radius 1 is 1.18 bits per heavy atom. The fraction of sp³-hybridized carbons (Fsp3) is 0.278. The molecule has 0 aromatic heterocycles. The Morgan fingerprint density at radius 3 is 2.55 bits per heavy atom. The maximum absolute atomic E-state index is 12.2. The minimum absolute atomic E-state index is 0.00991. The molecule has 1 aliphatic carbocycles. The predicted molar refractivity (Wildman–Crippen MR) is 90.2 cm³/mol. The van der Waals surface area contributed by atoms with E-state index in [1.165, 1.54) is 5.56 Å². The Morgan fingerprint density at radius 2 is 1.91 bits per heavy atom. The highest BCUT2D eigenvalue weighted by molar-refractivity contribution is 6.30. The number of anilines is 1. The molecule has 0 saturated heterocycles. The van der Waals surface area contributed by atoms with Gasteiger partial charge in [0.05, 0.1) is 12.1 Å². The first kappa shape index (κ1) is 14.9. The summed E-state index contributed by atoms with van der Waals surface area (Å²) in [6.07, 6.45) is 2.01. The molecule has 1 aliphatic rings. The lowest BCUT2D eigenvalue weighted by atomic mass is 10.1. The quantitative estimate of drug-likeness (QED) is 0.879. The van der Waals surface area contributed by atoms with Gasteiger partial charge in [-0.2, -0.15) is 0 Å². The minimum Gasteiger partial charge on any atom is -0.376 e. The van der Waals surface area contributed by atoms with Crippen LogP contribution in [0.3, 0.4) is 0 Å². The van der Waals surface area contributed by atoms with Gasteiger partial charge in [0.25, 0.3) is 0 Å². The van der Waals surface area contributed by atoms with Crippen LogP contribution in [0.1, 0.15) is 24.0 Å². The summed E-state index contributed by atoms with van der Waals surface area (Å²) in [6.45, 7) is 2.23. The standard InChI is InChI=1S/C18H19ClN2O/c1-13-11-15(19)7-8-16(13)20-12-17(22)21-18(9-10-18)14-5-3-2-4-6-14/h2-8,11,20H,9-10,12H2,1H3,(H,21,22). The fourth-order valence-electron chi connectivity index (χ4n) is 2.68. The van der Waals surface area contributed by atoms with Crippen LogP contribution in [0.2, 0.25) is 5.02 Å². The van der Waals surface area contributed by atoms with Gasteiger partial charge in [0.2, 0.25) is 5.91 Å². The molecule has 0 heterocycles. The van der Waals surface area contributed by atoms with E-state index in [4.69, 9.17) is 11.6 Å².